The highest BCUT2D eigenvalue weighted by Gasteiger charge is 2.06. The number of ether oxygens (including phenoxy) is 1. The number of hydrogen-bond acceptors (Lipinski definition) is 3. The summed E-state index contributed by atoms with van der Waals surface area (Å²) in [7, 11) is 0. The van der Waals surface area contributed by atoms with E-state index in [4.69, 9.17) is 16.3 Å². The van der Waals surface area contributed by atoms with Gasteiger partial charge in [0.1, 0.15) is 5.75 Å². The molecule has 2 rings (SSSR count). The molecule has 25 heavy (non-hydrogen) atoms. The van der Waals surface area contributed by atoms with Crippen molar-refractivity contribution in [3.63, 3.8) is 0 Å². The molecule has 1 amide bonds. The van der Waals surface area contributed by atoms with Crippen molar-refractivity contribution in [2.45, 2.75) is 27.3 Å². The molecule has 0 fully saturated rings. The molecule has 1 N–H and O–H groups in total. The van der Waals surface area contributed by atoms with Crippen molar-refractivity contribution in [3.8, 4) is 5.75 Å². The third-order valence-electron chi connectivity index (χ3n) is 4.04. The fourth-order valence-electron chi connectivity index (χ4n) is 2.45. The van der Waals surface area contributed by atoms with Crippen molar-refractivity contribution in [2.75, 3.05) is 25.0 Å². The van der Waals surface area contributed by atoms with Crippen LogP contribution in [-0.2, 0) is 11.3 Å². The van der Waals surface area contributed by atoms with Gasteiger partial charge in [-0.25, -0.2) is 0 Å². The number of carbonyl (C=O) groups excluding carboxylic acids is 1. The molecular weight excluding hydrogens is 336 g/mol. The quantitative estimate of drug-likeness (QED) is 0.753. The number of amides is 1. The van der Waals surface area contributed by atoms with Gasteiger partial charge in [-0.15, -0.1) is 0 Å². The first-order valence-electron chi connectivity index (χ1n) is 8.52. The van der Waals surface area contributed by atoms with Crippen molar-refractivity contribution >= 4 is 23.2 Å². The minimum absolute atomic E-state index is 0.0394. The number of hydrogen-bond donors (Lipinski definition) is 1. The van der Waals surface area contributed by atoms with E-state index in [-0.39, 0.29) is 12.5 Å². The molecule has 0 aliphatic heterocycles. The third-order valence-corrected chi connectivity index (χ3v) is 4.46. The summed E-state index contributed by atoms with van der Waals surface area (Å²) in [4.78, 5) is 14.4. The van der Waals surface area contributed by atoms with Crippen LogP contribution >= 0.6 is 11.6 Å². The van der Waals surface area contributed by atoms with Crippen LogP contribution in [-0.4, -0.2) is 30.5 Å². The van der Waals surface area contributed by atoms with Crippen molar-refractivity contribution in [1.82, 2.24) is 4.90 Å². The monoisotopic (exact) mass is 360 g/mol. The fourth-order valence-corrected chi connectivity index (χ4v) is 2.57. The van der Waals surface area contributed by atoms with Crippen LogP contribution in [0.4, 0.5) is 5.69 Å². The van der Waals surface area contributed by atoms with Gasteiger partial charge in [0, 0.05) is 17.3 Å². The summed E-state index contributed by atoms with van der Waals surface area (Å²) in [5.41, 5.74) is 2.92. The number of aryl methyl sites for hydroxylation is 1. The van der Waals surface area contributed by atoms with Gasteiger partial charge in [-0.05, 0) is 61.5 Å². The molecule has 2 aromatic rings. The van der Waals surface area contributed by atoms with Crippen LogP contribution in [0.2, 0.25) is 5.02 Å². The van der Waals surface area contributed by atoms with Gasteiger partial charge >= 0.3 is 0 Å². The predicted octanol–water partition coefficient (Wildman–Crippen LogP) is 4.51. The SMILES string of the molecule is CCN(CC)Cc1ccc(NC(=O)COc2ccc(Cl)c(C)c2)cc1. The van der Waals surface area contributed by atoms with E-state index < -0.39 is 0 Å². The van der Waals surface area contributed by atoms with Crippen molar-refractivity contribution in [1.29, 1.82) is 0 Å². The lowest BCUT2D eigenvalue weighted by Gasteiger charge is -2.18. The number of nitrogens with zero attached hydrogens (tertiary/aromatic N) is 1. The second-order valence-corrected chi connectivity index (χ2v) is 6.31. The minimum atomic E-state index is -0.191. The average Bonchev–Trinajstić information content (AvgIpc) is 2.62. The smallest absolute Gasteiger partial charge is 0.262 e. The molecule has 4 nitrogen and oxygen atoms in total. The lowest BCUT2D eigenvalue weighted by Crippen LogP contribution is -2.22. The van der Waals surface area contributed by atoms with E-state index in [9.17, 15) is 4.79 Å². The van der Waals surface area contributed by atoms with Gasteiger partial charge in [-0.1, -0.05) is 37.6 Å². The Kier molecular flexibility index (Phi) is 7.29. The maximum atomic E-state index is 12.0. The number of benzene rings is 2. The lowest BCUT2D eigenvalue weighted by molar-refractivity contribution is -0.118. The summed E-state index contributed by atoms with van der Waals surface area (Å²) in [5.74, 6) is 0.440. The predicted molar refractivity (Wildman–Crippen MR) is 103 cm³/mol. The van der Waals surface area contributed by atoms with Gasteiger partial charge < -0.3 is 10.1 Å². The van der Waals surface area contributed by atoms with Gasteiger partial charge in [-0.2, -0.15) is 0 Å². The molecule has 0 unspecified atom stereocenters. The molecular formula is C20H25ClN2O2. The van der Waals surface area contributed by atoms with Crippen molar-refractivity contribution in [3.05, 3.63) is 58.6 Å². The molecule has 134 valence electrons. The van der Waals surface area contributed by atoms with Crippen LogP contribution in [0, 0.1) is 6.92 Å². The Morgan fingerprint density at radius 3 is 2.40 bits per heavy atom. The zero-order chi connectivity index (χ0) is 18.2. The first-order valence-corrected chi connectivity index (χ1v) is 8.89. The fraction of sp³-hybridized carbons (Fsp3) is 0.350. The topological polar surface area (TPSA) is 41.6 Å². The van der Waals surface area contributed by atoms with Gasteiger partial charge in [-0.3, -0.25) is 9.69 Å². The lowest BCUT2D eigenvalue weighted by atomic mass is 10.2. The van der Waals surface area contributed by atoms with E-state index in [1.54, 1.807) is 12.1 Å². The molecule has 5 heteroatoms. The molecule has 0 radical (unpaired) electrons. The van der Waals surface area contributed by atoms with Crippen molar-refractivity contribution < 1.29 is 9.53 Å². The summed E-state index contributed by atoms with van der Waals surface area (Å²) < 4.78 is 5.50. The number of rotatable bonds is 8. The van der Waals surface area contributed by atoms with E-state index in [0.29, 0.717) is 10.8 Å². The van der Waals surface area contributed by atoms with Gasteiger partial charge in [0.25, 0.3) is 5.91 Å². The van der Waals surface area contributed by atoms with E-state index in [2.05, 4.69) is 24.1 Å². The number of nitrogens with one attached hydrogen (secondary N) is 1. The summed E-state index contributed by atoms with van der Waals surface area (Å²) >= 11 is 5.98. The highest BCUT2D eigenvalue weighted by molar-refractivity contribution is 6.31. The molecule has 0 aromatic heterocycles. The molecule has 0 bridgehead atoms. The van der Waals surface area contributed by atoms with Crippen LogP contribution in [0.15, 0.2) is 42.5 Å². The normalized spacial score (nSPS) is 10.8. The van der Waals surface area contributed by atoms with Gasteiger partial charge in [0.2, 0.25) is 0 Å². The molecule has 0 saturated heterocycles. The van der Waals surface area contributed by atoms with E-state index in [0.717, 1.165) is 30.9 Å². The molecule has 0 saturated carbocycles. The summed E-state index contributed by atoms with van der Waals surface area (Å²) in [6.07, 6.45) is 0. The zero-order valence-electron chi connectivity index (χ0n) is 15.0. The molecule has 0 spiro atoms. The molecule has 0 aliphatic carbocycles. The van der Waals surface area contributed by atoms with E-state index in [1.807, 2.05) is 37.3 Å². The molecule has 0 aliphatic rings. The maximum absolute atomic E-state index is 12.0. The Balaban J connectivity index is 1.84. The summed E-state index contributed by atoms with van der Waals surface area (Å²) in [6, 6.07) is 13.3. The molecule has 2 aromatic carbocycles. The number of anilines is 1. The first kappa shape index (κ1) is 19.3. The average molecular weight is 361 g/mol. The Morgan fingerprint density at radius 2 is 1.80 bits per heavy atom. The second-order valence-electron chi connectivity index (χ2n) is 5.91. The Hall–Kier alpha value is -2.04. The maximum Gasteiger partial charge on any atom is 0.262 e. The first-order chi connectivity index (χ1) is 12.0. The highest BCUT2D eigenvalue weighted by Crippen LogP contribution is 2.21. The summed E-state index contributed by atoms with van der Waals surface area (Å²) in [6.45, 7) is 9.13. The van der Waals surface area contributed by atoms with Crippen LogP contribution in [0.3, 0.4) is 0 Å². The van der Waals surface area contributed by atoms with Gasteiger partial charge in [0.15, 0.2) is 6.61 Å². The third kappa shape index (κ3) is 6.07. The van der Waals surface area contributed by atoms with Crippen LogP contribution in [0.1, 0.15) is 25.0 Å². The molecule has 0 heterocycles. The largest absolute Gasteiger partial charge is 0.484 e. The van der Waals surface area contributed by atoms with Crippen molar-refractivity contribution in [2.24, 2.45) is 0 Å². The Morgan fingerprint density at radius 1 is 1.12 bits per heavy atom. The Bertz CT molecular complexity index is 697. The van der Waals surface area contributed by atoms with Gasteiger partial charge in [0.05, 0.1) is 0 Å². The van der Waals surface area contributed by atoms with E-state index in [1.165, 1.54) is 5.56 Å². The summed E-state index contributed by atoms with van der Waals surface area (Å²) in [5, 5.41) is 3.53. The minimum Gasteiger partial charge on any atom is -0.484 e. The highest BCUT2D eigenvalue weighted by atomic mass is 35.5. The number of carbonyl (C=O) groups is 1. The van der Waals surface area contributed by atoms with Crippen LogP contribution in [0.25, 0.3) is 0 Å². The second kappa shape index (κ2) is 9.44. The van der Waals surface area contributed by atoms with Crippen LogP contribution in [0.5, 0.6) is 5.75 Å². The standard InChI is InChI=1S/C20H25ClN2O2/c1-4-23(5-2)13-16-6-8-17(9-7-16)22-20(24)14-25-18-10-11-19(21)15(3)12-18/h6-12H,4-5,13-14H2,1-3H3,(H,22,24). The zero-order valence-corrected chi connectivity index (χ0v) is 15.8. The molecule has 0 atom stereocenters. The van der Waals surface area contributed by atoms with Crippen LogP contribution < -0.4 is 10.1 Å². The number of halogens is 1. The van der Waals surface area contributed by atoms with E-state index >= 15 is 0 Å². The Labute approximate surface area is 154 Å².